The molecule has 1 aliphatic heterocycles. The number of pyridine rings is 1. The van der Waals surface area contributed by atoms with Gasteiger partial charge in [0.2, 0.25) is 0 Å². The molecule has 0 bridgehead atoms. The molecule has 2 atom stereocenters. The van der Waals surface area contributed by atoms with Crippen LogP contribution in [-0.2, 0) is 6.54 Å². The number of hydrogen-bond donors (Lipinski definition) is 1. The van der Waals surface area contributed by atoms with Crippen LogP contribution in [-0.4, -0.2) is 36.0 Å². The smallest absolute Gasteiger partial charge is 0.193 e. The standard InChI is InChI=1S/C21H27FN4/c1-3-16-15-26(13-11-18(16)17-8-5-4-6-9-17)21(23-2)25-14-20-19(22)10-7-12-24-20/h4-10,12,16,18H,3,11,13-15H2,1-2H3,(H,23,25). The largest absolute Gasteiger partial charge is 0.350 e. The van der Waals surface area contributed by atoms with E-state index >= 15 is 0 Å². The maximum Gasteiger partial charge on any atom is 0.193 e. The maximum absolute atomic E-state index is 13.8. The van der Waals surface area contributed by atoms with E-state index in [1.165, 1.54) is 11.6 Å². The number of piperidine rings is 1. The number of nitrogens with one attached hydrogen (secondary N) is 1. The number of aromatic nitrogens is 1. The first-order valence-electron chi connectivity index (χ1n) is 9.32. The molecule has 1 aromatic heterocycles. The van der Waals surface area contributed by atoms with E-state index in [-0.39, 0.29) is 5.82 Å². The second-order valence-electron chi connectivity index (χ2n) is 6.75. The Balaban J connectivity index is 1.65. The van der Waals surface area contributed by atoms with Crippen LogP contribution in [0.5, 0.6) is 0 Å². The number of benzene rings is 1. The molecular weight excluding hydrogens is 327 g/mol. The summed E-state index contributed by atoms with van der Waals surface area (Å²) in [6, 6.07) is 13.8. The number of guanidine groups is 1. The van der Waals surface area contributed by atoms with Crippen molar-refractivity contribution in [2.75, 3.05) is 20.1 Å². The van der Waals surface area contributed by atoms with E-state index in [2.05, 4.69) is 57.4 Å². The molecule has 1 fully saturated rings. The van der Waals surface area contributed by atoms with Crippen LogP contribution in [0.4, 0.5) is 4.39 Å². The minimum atomic E-state index is -0.287. The van der Waals surface area contributed by atoms with Crippen LogP contribution in [0, 0.1) is 11.7 Å². The third kappa shape index (κ3) is 4.21. The Morgan fingerprint density at radius 2 is 2.08 bits per heavy atom. The van der Waals surface area contributed by atoms with Crippen LogP contribution >= 0.6 is 0 Å². The molecule has 138 valence electrons. The van der Waals surface area contributed by atoms with E-state index in [1.54, 1.807) is 19.3 Å². The second kappa shape index (κ2) is 8.79. The molecule has 26 heavy (non-hydrogen) atoms. The van der Waals surface area contributed by atoms with Crippen LogP contribution in [0.15, 0.2) is 53.7 Å². The lowest BCUT2D eigenvalue weighted by Gasteiger charge is -2.40. The third-order valence-corrected chi connectivity index (χ3v) is 5.25. The summed E-state index contributed by atoms with van der Waals surface area (Å²) in [6.45, 7) is 4.50. The number of halogens is 1. The SMILES string of the molecule is CCC1CN(C(=NC)NCc2ncccc2F)CCC1c1ccccc1. The van der Waals surface area contributed by atoms with E-state index < -0.39 is 0 Å². The molecular formula is C21H27FN4. The highest BCUT2D eigenvalue weighted by Crippen LogP contribution is 2.34. The van der Waals surface area contributed by atoms with Crippen molar-refractivity contribution in [3.63, 3.8) is 0 Å². The quantitative estimate of drug-likeness (QED) is 0.670. The van der Waals surface area contributed by atoms with Crippen molar-refractivity contribution in [2.24, 2.45) is 10.9 Å². The fourth-order valence-corrected chi connectivity index (χ4v) is 3.82. The van der Waals surface area contributed by atoms with Crippen molar-refractivity contribution in [1.82, 2.24) is 15.2 Å². The van der Waals surface area contributed by atoms with Crippen LogP contribution in [0.2, 0.25) is 0 Å². The molecule has 0 spiro atoms. The average molecular weight is 354 g/mol. The normalized spacial score (nSPS) is 20.9. The van der Waals surface area contributed by atoms with Crippen LogP contribution in [0.25, 0.3) is 0 Å². The molecule has 4 nitrogen and oxygen atoms in total. The van der Waals surface area contributed by atoms with Crippen molar-refractivity contribution in [3.8, 4) is 0 Å². The molecule has 1 saturated heterocycles. The Bertz CT molecular complexity index is 732. The molecule has 2 heterocycles. The van der Waals surface area contributed by atoms with Gasteiger partial charge in [-0.3, -0.25) is 9.98 Å². The molecule has 0 amide bonds. The monoisotopic (exact) mass is 354 g/mol. The molecule has 0 radical (unpaired) electrons. The summed E-state index contributed by atoms with van der Waals surface area (Å²) in [4.78, 5) is 10.8. The summed E-state index contributed by atoms with van der Waals surface area (Å²) < 4.78 is 13.8. The lowest BCUT2D eigenvalue weighted by Crippen LogP contribution is -2.48. The molecule has 1 N–H and O–H groups in total. The van der Waals surface area contributed by atoms with Gasteiger partial charge in [0.25, 0.3) is 0 Å². The van der Waals surface area contributed by atoms with Gasteiger partial charge < -0.3 is 10.2 Å². The highest BCUT2D eigenvalue weighted by Gasteiger charge is 2.30. The van der Waals surface area contributed by atoms with Crippen molar-refractivity contribution < 1.29 is 4.39 Å². The summed E-state index contributed by atoms with van der Waals surface area (Å²) in [5.74, 6) is 1.70. The van der Waals surface area contributed by atoms with Gasteiger partial charge >= 0.3 is 0 Å². The van der Waals surface area contributed by atoms with E-state index in [9.17, 15) is 4.39 Å². The summed E-state index contributed by atoms with van der Waals surface area (Å²) >= 11 is 0. The summed E-state index contributed by atoms with van der Waals surface area (Å²) in [7, 11) is 1.78. The first kappa shape index (κ1) is 18.4. The van der Waals surface area contributed by atoms with Gasteiger partial charge in [-0.2, -0.15) is 0 Å². The predicted molar refractivity (Wildman–Crippen MR) is 104 cm³/mol. The zero-order valence-corrected chi connectivity index (χ0v) is 15.5. The van der Waals surface area contributed by atoms with Crippen molar-refractivity contribution in [1.29, 1.82) is 0 Å². The summed E-state index contributed by atoms with van der Waals surface area (Å²) in [6.07, 6.45) is 3.84. The Kier molecular flexibility index (Phi) is 6.21. The molecule has 0 aliphatic carbocycles. The number of aliphatic imine (C=N–C) groups is 1. The Hall–Kier alpha value is -2.43. The summed E-state index contributed by atoms with van der Waals surface area (Å²) in [5.41, 5.74) is 1.84. The fraction of sp³-hybridized carbons (Fsp3) is 0.429. The lowest BCUT2D eigenvalue weighted by atomic mass is 9.79. The lowest BCUT2D eigenvalue weighted by molar-refractivity contribution is 0.215. The minimum Gasteiger partial charge on any atom is -0.350 e. The molecule has 2 aromatic rings. The Morgan fingerprint density at radius 1 is 1.27 bits per heavy atom. The topological polar surface area (TPSA) is 40.5 Å². The molecule has 5 heteroatoms. The molecule has 0 saturated carbocycles. The second-order valence-corrected chi connectivity index (χ2v) is 6.75. The van der Waals surface area contributed by atoms with Crippen LogP contribution in [0.3, 0.4) is 0 Å². The number of likely N-dealkylation sites (tertiary alicyclic amines) is 1. The molecule has 2 unspecified atom stereocenters. The van der Waals surface area contributed by atoms with Gasteiger partial charge in [-0.15, -0.1) is 0 Å². The van der Waals surface area contributed by atoms with Crippen molar-refractivity contribution in [3.05, 3.63) is 65.7 Å². The van der Waals surface area contributed by atoms with Crippen LogP contribution < -0.4 is 5.32 Å². The van der Waals surface area contributed by atoms with Gasteiger partial charge in [-0.05, 0) is 36.0 Å². The highest BCUT2D eigenvalue weighted by molar-refractivity contribution is 5.80. The molecule has 1 aliphatic rings. The minimum absolute atomic E-state index is 0.287. The van der Waals surface area contributed by atoms with E-state index in [0.29, 0.717) is 24.1 Å². The average Bonchev–Trinajstić information content (AvgIpc) is 2.70. The van der Waals surface area contributed by atoms with Gasteiger partial charge in [0, 0.05) is 26.3 Å². The zero-order chi connectivity index (χ0) is 18.4. The maximum atomic E-state index is 13.8. The zero-order valence-electron chi connectivity index (χ0n) is 15.5. The molecule has 1 aromatic carbocycles. The Morgan fingerprint density at radius 3 is 2.77 bits per heavy atom. The van der Waals surface area contributed by atoms with Crippen molar-refractivity contribution >= 4 is 5.96 Å². The summed E-state index contributed by atoms with van der Waals surface area (Å²) in [5, 5.41) is 3.27. The predicted octanol–water partition coefficient (Wildman–Crippen LogP) is 3.81. The highest BCUT2D eigenvalue weighted by atomic mass is 19.1. The fourth-order valence-electron chi connectivity index (χ4n) is 3.82. The molecule has 3 rings (SSSR count). The van der Waals surface area contributed by atoms with Crippen LogP contribution in [0.1, 0.15) is 36.9 Å². The van der Waals surface area contributed by atoms with Gasteiger partial charge in [-0.25, -0.2) is 4.39 Å². The first-order chi connectivity index (χ1) is 12.7. The van der Waals surface area contributed by atoms with Gasteiger partial charge in [-0.1, -0.05) is 43.7 Å². The van der Waals surface area contributed by atoms with Crippen molar-refractivity contribution in [2.45, 2.75) is 32.2 Å². The Labute approximate surface area is 155 Å². The number of rotatable bonds is 4. The number of hydrogen-bond acceptors (Lipinski definition) is 2. The van der Waals surface area contributed by atoms with Gasteiger partial charge in [0.15, 0.2) is 5.96 Å². The third-order valence-electron chi connectivity index (χ3n) is 5.25. The number of nitrogens with zero attached hydrogens (tertiary/aromatic N) is 3. The van der Waals surface area contributed by atoms with E-state index in [4.69, 9.17) is 0 Å². The first-order valence-corrected chi connectivity index (χ1v) is 9.32. The van der Waals surface area contributed by atoms with E-state index in [1.807, 2.05) is 0 Å². The van der Waals surface area contributed by atoms with Gasteiger partial charge in [0.05, 0.1) is 12.2 Å². The van der Waals surface area contributed by atoms with Gasteiger partial charge in [0.1, 0.15) is 5.82 Å². The van der Waals surface area contributed by atoms with E-state index in [0.717, 1.165) is 31.9 Å².